The molecule has 2 unspecified atom stereocenters. The van der Waals surface area contributed by atoms with Crippen molar-refractivity contribution in [3.8, 4) is 0 Å². The molecule has 0 rings (SSSR count). The minimum absolute atomic E-state index is 0.0483. The molecular formula is C28H50NO9P. The second-order valence-corrected chi connectivity index (χ2v) is 11.7. The van der Waals surface area contributed by atoms with Crippen LogP contribution in [0.4, 0.5) is 0 Å². The van der Waals surface area contributed by atoms with Gasteiger partial charge in [-0.2, -0.15) is 0 Å². The molecule has 0 heterocycles. The first-order valence-corrected chi connectivity index (χ1v) is 15.2. The number of carbonyl (C=O) groups excluding carboxylic acids is 2. The summed E-state index contributed by atoms with van der Waals surface area (Å²) in [5.41, 5.74) is 0. The minimum Gasteiger partial charge on any atom is -0.756 e. The first-order valence-electron chi connectivity index (χ1n) is 13.7. The normalized spacial score (nSPS) is 15.6. The minimum atomic E-state index is -4.59. The van der Waals surface area contributed by atoms with Gasteiger partial charge in [-0.25, -0.2) is 0 Å². The van der Waals surface area contributed by atoms with Gasteiger partial charge in [0, 0.05) is 13.3 Å². The molecule has 0 bridgehead atoms. The van der Waals surface area contributed by atoms with Crippen molar-refractivity contribution >= 4 is 19.8 Å². The highest BCUT2D eigenvalue weighted by Crippen LogP contribution is 2.38. The third kappa shape index (κ3) is 26.2. The van der Waals surface area contributed by atoms with Crippen LogP contribution in [0.25, 0.3) is 0 Å². The maximum Gasteiger partial charge on any atom is 0.306 e. The van der Waals surface area contributed by atoms with E-state index in [9.17, 15) is 24.2 Å². The molecule has 11 heteroatoms. The molecule has 226 valence electrons. The van der Waals surface area contributed by atoms with E-state index in [-0.39, 0.29) is 19.6 Å². The van der Waals surface area contributed by atoms with Crippen LogP contribution in [-0.2, 0) is 32.7 Å². The predicted molar refractivity (Wildman–Crippen MR) is 150 cm³/mol. The average molecular weight is 576 g/mol. The zero-order valence-corrected chi connectivity index (χ0v) is 25.3. The zero-order chi connectivity index (χ0) is 29.6. The van der Waals surface area contributed by atoms with Gasteiger partial charge in [-0.05, 0) is 32.1 Å². The summed E-state index contributed by atoms with van der Waals surface area (Å²) in [6, 6.07) is 0. The van der Waals surface area contributed by atoms with E-state index in [1.165, 1.54) is 6.92 Å². The van der Waals surface area contributed by atoms with E-state index in [0.717, 1.165) is 38.5 Å². The molecule has 0 aliphatic carbocycles. The summed E-state index contributed by atoms with van der Waals surface area (Å²) >= 11 is 0. The number of hydrogen-bond acceptors (Lipinski definition) is 9. The quantitative estimate of drug-likeness (QED) is 0.0475. The van der Waals surface area contributed by atoms with E-state index in [2.05, 4.69) is 13.0 Å². The molecule has 0 radical (unpaired) electrons. The van der Waals surface area contributed by atoms with Crippen molar-refractivity contribution in [1.29, 1.82) is 0 Å². The second-order valence-electron chi connectivity index (χ2n) is 10.3. The highest BCUT2D eigenvalue weighted by atomic mass is 31.2. The summed E-state index contributed by atoms with van der Waals surface area (Å²) in [7, 11) is 1.10. The molecule has 10 nitrogen and oxygen atoms in total. The number of esters is 2. The van der Waals surface area contributed by atoms with Crippen molar-refractivity contribution in [2.45, 2.75) is 83.8 Å². The maximum absolute atomic E-state index is 12.2. The Hall–Kier alpha value is -1.81. The number of nitrogens with zero attached hydrogens (tertiary/aromatic N) is 1. The molecule has 1 N–H and O–H groups in total. The lowest BCUT2D eigenvalue weighted by Crippen LogP contribution is -2.37. The number of allylic oxidation sites excluding steroid dienone is 4. The van der Waals surface area contributed by atoms with Gasteiger partial charge in [0.15, 0.2) is 6.10 Å². The smallest absolute Gasteiger partial charge is 0.306 e. The van der Waals surface area contributed by atoms with Crippen molar-refractivity contribution in [2.24, 2.45) is 0 Å². The molecule has 0 saturated carbocycles. The van der Waals surface area contributed by atoms with Crippen LogP contribution in [0, 0.1) is 0 Å². The highest BCUT2D eigenvalue weighted by molar-refractivity contribution is 7.45. The Morgan fingerprint density at radius 3 is 2.33 bits per heavy atom. The van der Waals surface area contributed by atoms with Gasteiger partial charge >= 0.3 is 11.9 Å². The highest BCUT2D eigenvalue weighted by Gasteiger charge is 2.21. The SMILES string of the molecule is CC/C=C/CC(O)/C=C/C=C/CCCCCCCC(=O)O[C@H](COC(C)=O)COP(=O)([O-])OCC[N+](C)(C)C. The molecule has 0 aromatic carbocycles. The molecule has 0 aromatic heterocycles. The van der Waals surface area contributed by atoms with Gasteiger partial charge in [-0.3, -0.25) is 14.2 Å². The summed E-state index contributed by atoms with van der Waals surface area (Å²) in [4.78, 5) is 35.4. The number of ether oxygens (including phenoxy) is 2. The summed E-state index contributed by atoms with van der Waals surface area (Å²) in [5, 5.41) is 9.78. The Morgan fingerprint density at radius 1 is 0.974 bits per heavy atom. The van der Waals surface area contributed by atoms with E-state index < -0.39 is 38.6 Å². The number of phosphoric acid groups is 1. The van der Waals surface area contributed by atoms with Crippen LogP contribution >= 0.6 is 7.82 Å². The number of aliphatic hydroxyl groups is 1. The number of carbonyl (C=O) groups is 2. The molecule has 0 saturated heterocycles. The zero-order valence-electron chi connectivity index (χ0n) is 24.4. The summed E-state index contributed by atoms with van der Waals surface area (Å²) in [5.74, 6) is -1.09. The number of likely N-dealkylation sites (N-methyl/N-ethyl adjacent to an activating group) is 1. The van der Waals surface area contributed by atoms with E-state index in [1.54, 1.807) is 6.08 Å². The first-order chi connectivity index (χ1) is 18.3. The Labute approximate surface area is 234 Å². The fourth-order valence-electron chi connectivity index (χ4n) is 3.12. The number of quaternary nitrogens is 1. The molecule has 39 heavy (non-hydrogen) atoms. The monoisotopic (exact) mass is 575 g/mol. The van der Waals surface area contributed by atoms with Crippen LogP contribution in [-0.4, -0.2) is 81.2 Å². The lowest BCUT2D eigenvalue weighted by molar-refractivity contribution is -0.870. The van der Waals surface area contributed by atoms with Gasteiger partial charge in [0.25, 0.3) is 7.82 Å². The molecule has 0 aliphatic heterocycles. The summed E-state index contributed by atoms with van der Waals surface area (Å²) in [6.07, 6.45) is 17.4. The van der Waals surface area contributed by atoms with Gasteiger partial charge < -0.3 is 33.0 Å². The standard InChI is InChI=1S/C28H50NO9P/c1-6-7-15-18-26(31)19-16-13-11-9-8-10-12-14-17-20-28(32)38-27(23-35-25(2)30)24-37-39(33,34)36-22-21-29(3,4)5/h7,11,13,15-16,19,26-27,31H,6,8-10,12,14,17-18,20-24H2,1-5H3/b13-11+,15-7+,19-16+/t26?,27-/m1/s1. The van der Waals surface area contributed by atoms with Crippen LogP contribution in [0.2, 0.25) is 0 Å². The largest absolute Gasteiger partial charge is 0.756 e. The van der Waals surface area contributed by atoms with E-state index >= 15 is 0 Å². The number of rotatable bonds is 23. The fourth-order valence-corrected chi connectivity index (χ4v) is 3.85. The van der Waals surface area contributed by atoms with Crippen LogP contribution < -0.4 is 4.89 Å². The van der Waals surface area contributed by atoms with E-state index in [0.29, 0.717) is 23.9 Å². The third-order valence-corrected chi connectivity index (χ3v) is 6.28. The van der Waals surface area contributed by atoms with Crippen LogP contribution in [0.3, 0.4) is 0 Å². The summed E-state index contributed by atoms with van der Waals surface area (Å²) in [6.45, 7) is 2.86. The van der Waals surface area contributed by atoms with E-state index in [4.69, 9.17) is 18.5 Å². The fraction of sp³-hybridized carbons (Fsp3) is 0.714. The Morgan fingerprint density at radius 2 is 1.67 bits per heavy atom. The van der Waals surface area contributed by atoms with Gasteiger partial charge in [0.1, 0.15) is 19.8 Å². The van der Waals surface area contributed by atoms with Crippen LogP contribution in [0.15, 0.2) is 36.5 Å². The van der Waals surface area contributed by atoms with Crippen molar-refractivity contribution < 1.29 is 47.2 Å². The third-order valence-electron chi connectivity index (χ3n) is 5.31. The molecule has 0 fully saturated rings. The van der Waals surface area contributed by atoms with Gasteiger partial charge in [0.2, 0.25) is 0 Å². The van der Waals surface area contributed by atoms with Gasteiger partial charge in [-0.15, -0.1) is 0 Å². The van der Waals surface area contributed by atoms with Gasteiger partial charge in [-0.1, -0.05) is 62.6 Å². The van der Waals surface area contributed by atoms with Crippen molar-refractivity contribution in [1.82, 2.24) is 0 Å². The Kier molecular flexibility index (Phi) is 20.9. The van der Waals surface area contributed by atoms with E-state index in [1.807, 2.05) is 45.4 Å². The molecule has 0 aliphatic rings. The van der Waals surface area contributed by atoms with Gasteiger partial charge in [0.05, 0.1) is 33.9 Å². The van der Waals surface area contributed by atoms with Crippen LogP contribution in [0.5, 0.6) is 0 Å². The van der Waals surface area contributed by atoms with Crippen molar-refractivity contribution in [3.63, 3.8) is 0 Å². The lowest BCUT2D eigenvalue weighted by atomic mass is 10.1. The average Bonchev–Trinajstić information content (AvgIpc) is 2.83. The molecule has 0 aromatic rings. The number of hydrogen-bond donors (Lipinski definition) is 1. The van der Waals surface area contributed by atoms with Crippen molar-refractivity contribution in [3.05, 3.63) is 36.5 Å². The maximum atomic E-state index is 12.2. The number of unbranched alkanes of at least 4 members (excludes halogenated alkanes) is 5. The van der Waals surface area contributed by atoms with Crippen LogP contribution in [0.1, 0.15) is 71.6 Å². The van der Waals surface area contributed by atoms with Crippen molar-refractivity contribution in [2.75, 3.05) is 47.5 Å². The topological polar surface area (TPSA) is 131 Å². The predicted octanol–water partition coefficient (Wildman–Crippen LogP) is 4.23. The number of phosphoric ester groups is 1. The Balaban J connectivity index is 4.19. The first kappa shape index (κ1) is 37.2. The number of aliphatic hydroxyl groups excluding tert-OH is 1. The summed E-state index contributed by atoms with van der Waals surface area (Å²) < 4.78 is 32.4. The Bertz CT molecular complexity index is 805. The molecule has 3 atom stereocenters. The lowest BCUT2D eigenvalue weighted by Gasteiger charge is -2.28. The molecule has 0 spiro atoms. The second kappa shape index (κ2) is 21.9. The molecular weight excluding hydrogens is 525 g/mol. The molecule has 0 amide bonds.